The van der Waals surface area contributed by atoms with Crippen molar-refractivity contribution in [3.05, 3.63) is 71.5 Å². The summed E-state index contributed by atoms with van der Waals surface area (Å²) in [7, 11) is 0. The third-order valence-corrected chi connectivity index (χ3v) is 6.73. The molecule has 1 saturated heterocycles. The Morgan fingerprint density at radius 1 is 1.14 bits per heavy atom. The van der Waals surface area contributed by atoms with Gasteiger partial charge in [0.05, 0.1) is 11.3 Å². The maximum absolute atomic E-state index is 13.6. The molecule has 1 unspecified atom stereocenters. The lowest BCUT2D eigenvalue weighted by molar-refractivity contribution is -0.149. The fraction of sp³-hybridized carbons (Fsp3) is 0.423. The number of aliphatic hydroxyl groups is 1. The number of likely N-dealkylation sites (tertiary alicyclic amines) is 1. The van der Waals surface area contributed by atoms with Crippen molar-refractivity contribution in [3.8, 4) is 0 Å². The summed E-state index contributed by atoms with van der Waals surface area (Å²) in [6.07, 6.45) is 1.76. The molecule has 9 heteroatoms. The summed E-state index contributed by atoms with van der Waals surface area (Å²) in [5.41, 5.74) is 1.82. The van der Waals surface area contributed by atoms with Gasteiger partial charge in [-0.15, -0.1) is 0 Å². The van der Waals surface area contributed by atoms with Crippen molar-refractivity contribution < 1.29 is 29.1 Å². The van der Waals surface area contributed by atoms with E-state index in [9.17, 15) is 29.1 Å². The fourth-order valence-corrected chi connectivity index (χ4v) is 4.90. The number of hydroxylamine groups is 1. The van der Waals surface area contributed by atoms with Gasteiger partial charge in [-0.05, 0) is 55.9 Å². The van der Waals surface area contributed by atoms with Crippen LogP contribution in [-0.2, 0) is 16.0 Å². The predicted octanol–water partition coefficient (Wildman–Crippen LogP) is 2.30. The molecule has 35 heavy (non-hydrogen) atoms. The van der Waals surface area contributed by atoms with Crippen LogP contribution in [0.5, 0.6) is 0 Å². The molecule has 3 amide bonds. The highest BCUT2D eigenvalue weighted by Crippen LogP contribution is 2.45. The Balaban J connectivity index is 1.72. The normalized spacial score (nSPS) is 18.4. The number of benzene rings is 2. The smallest absolute Gasteiger partial charge is 0.251 e. The summed E-state index contributed by atoms with van der Waals surface area (Å²) in [5, 5.41) is 21.5. The van der Waals surface area contributed by atoms with Crippen molar-refractivity contribution in [1.82, 2.24) is 15.7 Å². The van der Waals surface area contributed by atoms with Crippen molar-refractivity contribution in [2.75, 3.05) is 26.2 Å². The summed E-state index contributed by atoms with van der Waals surface area (Å²) in [6, 6.07) is 15.0. The Bertz CT molecular complexity index is 1020. The van der Waals surface area contributed by atoms with Gasteiger partial charge in [-0.1, -0.05) is 36.4 Å². The molecular weight excluding hydrogens is 453 g/mol. The summed E-state index contributed by atoms with van der Waals surface area (Å²) < 4.78 is 13.4. The molecule has 1 fully saturated rings. The topological polar surface area (TPSA) is 119 Å². The Morgan fingerprint density at radius 3 is 2.60 bits per heavy atom. The van der Waals surface area contributed by atoms with Gasteiger partial charge < -0.3 is 15.3 Å². The molecule has 4 N–H and O–H groups in total. The van der Waals surface area contributed by atoms with Crippen LogP contribution in [0.3, 0.4) is 0 Å². The molecule has 0 radical (unpaired) electrons. The van der Waals surface area contributed by atoms with Gasteiger partial charge in [0.1, 0.15) is 5.82 Å². The molecule has 2 aromatic rings. The quantitative estimate of drug-likeness (QED) is 0.272. The number of hydrogen-bond acceptors (Lipinski definition) is 5. The van der Waals surface area contributed by atoms with Crippen LogP contribution >= 0.6 is 0 Å². The molecule has 0 saturated carbocycles. The second-order valence-corrected chi connectivity index (χ2v) is 8.84. The lowest BCUT2D eigenvalue weighted by Gasteiger charge is -2.35. The molecule has 8 nitrogen and oxygen atoms in total. The number of nitrogens with one attached hydrogen (secondary N) is 2. The number of halogens is 1. The Morgan fingerprint density at radius 2 is 1.91 bits per heavy atom. The van der Waals surface area contributed by atoms with Crippen molar-refractivity contribution in [2.45, 2.75) is 32.1 Å². The average Bonchev–Trinajstić information content (AvgIpc) is 3.19. The number of rotatable bonds is 12. The van der Waals surface area contributed by atoms with E-state index in [0.717, 1.165) is 11.6 Å². The van der Waals surface area contributed by atoms with Gasteiger partial charge >= 0.3 is 0 Å². The summed E-state index contributed by atoms with van der Waals surface area (Å²) in [5.74, 6) is -2.85. The highest BCUT2D eigenvalue weighted by atomic mass is 19.1. The largest absolute Gasteiger partial charge is 0.396 e. The molecule has 0 bridgehead atoms. The minimum absolute atomic E-state index is 0.0472. The first-order valence-electron chi connectivity index (χ1n) is 11.8. The van der Waals surface area contributed by atoms with Crippen molar-refractivity contribution in [3.63, 3.8) is 0 Å². The highest BCUT2D eigenvalue weighted by molar-refractivity contribution is 5.94. The molecule has 0 aliphatic carbocycles. The third kappa shape index (κ3) is 6.43. The van der Waals surface area contributed by atoms with Gasteiger partial charge in [0.2, 0.25) is 11.8 Å². The van der Waals surface area contributed by atoms with Crippen LogP contribution in [0.4, 0.5) is 4.39 Å². The standard InChI is InChI=1S/C26H32FN3O5/c27-21-9-4-8-20(18-21)23(32)28-14-10-22(24(33)29-35)26(12-5-17-31)13-16-30(25(26)34)15-11-19-6-2-1-3-7-19/h1-4,6-9,18,22,31,35H,5,10-17H2,(H,28,32)(H,29,33)/t22?,26-/m1/s1. The first-order valence-corrected chi connectivity index (χ1v) is 11.8. The van der Waals surface area contributed by atoms with Crippen molar-refractivity contribution in [2.24, 2.45) is 11.3 Å². The molecule has 1 aliphatic rings. The number of carbonyl (C=O) groups is 3. The predicted molar refractivity (Wildman–Crippen MR) is 127 cm³/mol. The zero-order valence-corrected chi connectivity index (χ0v) is 19.6. The summed E-state index contributed by atoms with van der Waals surface area (Å²) in [6.45, 7) is 0.865. The Labute approximate surface area is 204 Å². The number of carbonyl (C=O) groups excluding carboxylic acids is 3. The van der Waals surface area contributed by atoms with E-state index in [1.54, 1.807) is 10.4 Å². The SMILES string of the molecule is O=C(NCCC(C(=O)NO)[C@@]1(CCCO)CCN(CCc2ccccc2)C1=O)c1cccc(F)c1. The maximum Gasteiger partial charge on any atom is 0.251 e. The summed E-state index contributed by atoms with van der Waals surface area (Å²) >= 11 is 0. The summed E-state index contributed by atoms with van der Waals surface area (Å²) in [4.78, 5) is 40.5. The molecule has 2 atom stereocenters. The van der Waals surface area contributed by atoms with Crippen LogP contribution < -0.4 is 10.8 Å². The second-order valence-electron chi connectivity index (χ2n) is 8.84. The Kier molecular flexibility index (Phi) is 9.33. The number of nitrogens with zero attached hydrogens (tertiary/aromatic N) is 1. The highest BCUT2D eigenvalue weighted by Gasteiger charge is 2.53. The van der Waals surface area contributed by atoms with Gasteiger partial charge in [0.25, 0.3) is 5.91 Å². The van der Waals surface area contributed by atoms with Gasteiger partial charge in [-0.25, -0.2) is 9.87 Å². The van der Waals surface area contributed by atoms with E-state index in [1.165, 1.54) is 18.2 Å². The maximum atomic E-state index is 13.6. The van der Waals surface area contributed by atoms with Crippen LogP contribution in [0.2, 0.25) is 0 Å². The molecule has 188 valence electrons. The lowest BCUT2D eigenvalue weighted by atomic mass is 9.69. The van der Waals surface area contributed by atoms with Crippen LogP contribution in [-0.4, -0.2) is 59.2 Å². The van der Waals surface area contributed by atoms with Crippen LogP contribution in [0, 0.1) is 17.2 Å². The molecule has 1 heterocycles. The molecule has 3 rings (SSSR count). The monoisotopic (exact) mass is 485 g/mol. The van der Waals surface area contributed by atoms with E-state index in [-0.39, 0.29) is 37.5 Å². The first kappa shape index (κ1) is 26.3. The van der Waals surface area contributed by atoms with Crippen molar-refractivity contribution in [1.29, 1.82) is 0 Å². The number of aliphatic hydroxyl groups excluding tert-OH is 1. The van der Waals surface area contributed by atoms with Crippen LogP contribution in [0.1, 0.15) is 41.6 Å². The van der Waals surface area contributed by atoms with Gasteiger partial charge in [0.15, 0.2) is 0 Å². The third-order valence-electron chi connectivity index (χ3n) is 6.73. The molecular formula is C26H32FN3O5. The van der Waals surface area contributed by atoms with Crippen molar-refractivity contribution >= 4 is 17.7 Å². The lowest BCUT2D eigenvalue weighted by Crippen LogP contribution is -2.48. The van der Waals surface area contributed by atoms with Gasteiger partial charge in [-0.3, -0.25) is 19.6 Å². The van der Waals surface area contributed by atoms with E-state index < -0.39 is 29.0 Å². The van der Waals surface area contributed by atoms with E-state index in [4.69, 9.17) is 0 Å². The number of hydrogen-bond donors (Lipinski definition) is 4. The Hall–Kier alpha value is -3.30. The molecule has 1 aliphatic heterocycles. The zero-order chi connectivity index (χ0) is 25.3. The second kappa shape index (κ2) is 12.4. The van der Waals surface area contributed by atoms with Crippen LogP contribution in [0.25, 0.3) is 0 Å². The van der Waals surface area contributed by atoms with Gasteiger partial charge in [-0.2, -0.15) is 0 Å². The fourth-order valence-electron chi connectivity index (χ4n) is 4.90. The van der Waals surface area contributed by atoms with E-state index >= 15 is 0 Å². The van der Waals surface area contributed by atoms with E-state index in [0.29, 0.717) is 32.4 Å². The average molecular weight is 486 g/mol. The minimum atomic E-state index is -1.10. The first-order chi connectivity index (χ1) is 16.9. The molecule has 2 aromatic carbocycles. The number of amides is 3. The minimum Gasteiger partial charge on any atom is -0.396 e. The van der Waals surface area contributed by atoms with Gasteiger partial charge in [0, 0.05) is 31.8 Å². The van der Waals surface area contributed by atoms with E-state index in [1.807, 2.05) is 30.3 Å². The zero-order valence-electron chi connectivity index (χ0n) is 19.6. The van der Waals surface area contributed by atoms with E-state index in [2.05, 4.69) is 5.32 Å². The van der Waals surface area contributed by atoms with Crippen LogP contribution in [0.15, 0.2) is 54.6 Å². The molecule has 0 spiro atoms. The molecule has 0 aromatic heterocycles.